The van der Waals surface area contributed by atoms with Gasteiger partial charge in [-0.1, -0.05) is 0 Å². The lowest BCUT2D eigenvalue weighted by atomic mass is 10.2. The van der Waals surface area contributed by atoms with Crippen LogP contribution in [0.4, 0.5) is 13.2 Å². The molecule has 0 amide bonds. The van der Waals surface area contributed by atoms with Gasteiger partial charge in [0.25, 0.3) is 0 Å². The van der Waals surface area contributed by atoms with E-state index in [4.69, 9.17) is 10.7 Å². The molecule has 0 aliphatic carbocycles. The average molecular weight is 194 g/mol. The van der Waals surface area contributed by atoms with E-state index in [2.05, 4.69) is 5.32 Å². The van der Waals surface area contributed by atoms with Gasteiger partial charge in [0.05, 0.1) is 6.42 Å². The molecule has 0 aliphatic heterocycles. The van der Waals surface area contributed by atoms with Gasteiger partial charge in [0.2, 0.25) is 5.96 Å². The van der Waals surface area contributed by atoms with Gasteiger partial charge in [-0.15, -0.1) is 0 Å². The molecule has 1 unspecified atom stereocenters. The summed E-state index contributed by atoms with van der Waals surface area (Å²) in [4.78, 5) is 0. The lowest BCUT2D eigenvalue weighted by Crippen LogP contribution is -2.41. The molecule has 0 heterocycles. The zero-order valence-electron chi connectivity index (χ0n) is 6.87. The van der Waals surface area contributed by atoms with Gasteiger partial charge in [0.1, 0.15) is 0 Å². The monoisotopic (exact) mass is 194 g/mol. The predicted octanol–water partition coefficient (Wildman–Crippen LogP) is 0.922. The van der Waals surface area contributed by atoms with Crippen molar-refractivity contribution in [1.29, 1.82) is 10.7 Å². The number of guanidine groups is 1. The van der Waals surface area contributed by atoms with Crippen molar-refractivity contribution in [2.45, 2.75) is 25.6 Å². The summed E-state index contributed by atoms with van der Waals surface area (Å²) in [5.41, 5.74) is 0. The van der Waals surface area contributed by atoms with E-state index < -0.39 is 24.6 Å². The Balaban J connectivity index is 3.82. The topological polar surface area (TPSA) is 71.7 Å². The second-order valence-corrected chi connectivity index (χ2v) is 2.48. The maximum absolute atomic E-state index is 11.7. The Kier molecular flexibility index (Phi) is 4.04. The van der Waals surface area contributed by atoms with Gasteiger partial charge in [0, 0.05) is 6.04 Å². The van der Waals surface area contributed by atoms with Crippen LogP contribution < -0.4 is 10.6 Å². The quantitative estimate of drug-likeness (QED) is 0.265. The van der Waals surface area contributed by atoms with Crippen LogP contribution in [0.3, 0.4) is 0 Å². The highest BCUT2D eigenvalue weighted by Crippen LogP contribution is 2.20. The van der Waals surface area contributed by atoms with Gasteiger partial charge >= 0.3 is 6.18 Å². The van der Waals surface area contributed by atoms with Crippen LogP contribution >= 0.6 is 0 Å². The van der Waals surface area contributed by atoms with Gasteiger partial charge in [-0.05, 0) is 6.92 Å². The van der Waals surface area contributed by atoms with Crippen molar-refractivity contribution in [3.05, 3.63) is 0 Å². The van der Waals surface area contributed by atoms with Crippen LogP contribution in [-0.4, -0.2) is 18.2 Å². The second kappa shape index (κ2) is 4.54. The van der Waals surface area contributed by atoms with Crippen molar-refractivity contribution in [2.75, 3.05) is 0 Å². The lowest BCUT2D eigenvalue weighted by molar-refractivity contribution is -0.138. The molecule has 4 nitrogen and oxygen atoms in total. The van der Waals surface area contributed by atoms with Crippen LogP contribution in [0.15, 0.2) is 0 Å². The molecule has 0 rings (SSSR count). The number of nitrogens with zero attached hydrogens (tertiary/aromatic N) is 1. The molecule has 0 aliphatic rings. The number of rotatable bonds is 2. The van der Waals surface area contributed by atoms with Crippen LogP contribution in [0.2, 0.25) is 0 Å². The van der Waals surface area contributed by atoms with Crippen LogP contribution in [0.1, 0.15) is 13.3 Å². The molecule has 74 valence electrons. The van der Waals surface area contributed by atoms with E-state index in [0.717, 1.165) is 0 Å². The first-order valence-corrected chi connectivity index (χ1v) is 3.42. The van der Waals surface area contributed by atoms with E-state index in [9.17, 15) is 13.2 Å². The first-order valence-electron chi connectivity index (χ1n) is 3.42. The molecule has 1 atom stereocenters. The number of nitriles is 1. The molecule has 0 aromatic heterocycles. The number of nitrogens with one attached hydrogen (secondary N) is 3. The maximum Gasteiger partial charge on any atom is 0.391 e. The third-order valence-corrected chi connectivity index (χ3v) is 1.11. The normalized spacial score (nSPS) is 12.8. The first kappa shape index (κ1) is 11.6. The molecule has 7 heteroatoms. The average Bonchev–Trinajstić information content (AvgIpc) is 1.81. The van der Waals surface area contributed by atoms with E-state index >= 15 is 0 Å². The summed E-state index contributed by atoms with van der Waals surface area (Å²) in [6, 6.07) is -0.923. The lowest BCUT2D eigenvalue weighted by Gasteiger charge is -2.15. The van der Waals surface area contributed by atoms with Gasteiger partial charge in [0.15, 0.2) is 6.19 Å². The summed E-state index contributed by atoms with van der Waals surface area (Å²) in [5, 5.41) is 19.0. The summed E-state index contributed by atoms with van der Waals surface area (Å²) in [6.45, 7) is 1.28. The van der Waals surface area contributed by atoms with Crippen molar-refractivity contribution in [2.24, 2.45) is 0 Å². The Morgan fingerprint density at radius 3 is 2.54 bits per heavy atom. The molecular weight excluding hydrogens is 185 g/mol. The summed E-state index contributed by atoms with van der Waals surface area (Å²) in [5.74, 6) is -0.431. The molecule has 0 aromatic rings. The fourth-order valence-corrected chi connectivity index (χ4v) is 0.737. The minimum atomic E-state index is -4.26. The zero-order valence-corrected chi connectivity index (χ0v) is 6.87. The van der Waals surface area contributed by atoms with Gasteiger partial charge in [-0.2, -0.15) is 18.4 Å². The van der Waals surface area contributed by atoms with Crippen LogP contribution in [0.25, 0.3) is 0 Å². The first-order chi connectivity index (χ1) is 5.85. The summed E-state index contributed by atoms with van der Waals surface area (Å²) < 4.78 is 35.2. The SMILES string of the molecule is CC(CC(F)(F)F)NC(=N)NC#N. The fraction of sp³-hybridized carbons (Fsp3) is 0.667. The fourth-order valence-electron chi connectivity index (χ4n) is 0.737. The summed E-state index contributed by atoms with van der Waals surface area (Å²) >= 11 is 0. The highest BCUT2D eigenvalue weighted by molar-refractivity contribution is 5.78. The Morgan fingerprint density at radius 1 is 1.62 bits per heavy atom. The molecule has 13 heavy (non-hydrogen) atoms. The Labute approximate surface area is 73.2 Å². The standard InChI is InChI=1S/C6H9F3N4/c1-4(2-6(7,8)9)13-5(11)12-3-10/h4H,2H2,1H3,(H3,11,12,13). The maximum atomic E-state index is 11.7. The van der Waals surface area contributed by atoms with E-state index in [1.807, 2.05) is 5.32 Å². The van der Waals surface area contributed by atoms with Crippen molar-refractivity contribution in [3.63, 3.8) is 0 Å². The second-order valence-electron chi connectivity index (χ2n) is 2.48. The molecule has 0 saturated heterocycles. The highest BCUT2D eigenvalue weighted by Gasteiger charge is 2.30. The molecule has 0 radical (unpaired) electrons. The third-order valence-electron chi connectivity index (χ3n) is 1.11. The van der Waals surface area contributed by atoms with E-state index in [-0.39, 0.29) is 0 Å². The van der Waals surface area contributed by atoms with Crippen LogP contribution in [0.5, 0.6) is 0 Å². The molecule has 3 N–H and O–H groups in total. The van der Waals surface area contributed by atoms with Crippen LogP contribution in [-0.2, 0) is 0 Å². The Morgan fingerprint density at radius 2 is 2.15 bits per heavy atom. The highest BCUT2D eigenvalue weighted by atomic mass is 19.4. The Hall–Kier alpha value is -1.45. The number of alkyl halides is 3. The zero-order chi connectivity index (χ0) is 10.5. The van der Waals surface area contributed by atoms with Gasteiger partial charge in [-0.3, -0.25) is 10.7 Å². The van der Waals surface area contributed by atoms with E-state index in [1.54, 1.807) is 0 Å². The minimum absolute atomic E-state index is 0.431. The summed E-state index contributed by atoms with van der Waals surface area (Å²) in [7, 11) is 0. The largest absolute Gasteiger partial charge is 0.391 e. The van der Waals surface area contributed by atoms with Crippen molar-refractivity contribution >= 4 is 5.96 Å². The third kappa shape index (κ3) is 6.93. The minimum Gasteiger partial charge on any atom is -0.353 e. The molecule has 0 spiro atoms. The molecular formula is C6H9F3N4. The molecule has 0 bridgehead atoms. The van der Waals surface area contributed by atoms with Crippen molar-refractivity contribution in [3.8, 4) is 6.19 Å². The van der Waals surface area contributed by atoms with Gasteiger partial charge in [-0.25, -0.2) is 0 Å². The molecule has 0 aromatic carbocycles. The van der Waals surface area contributed by atoms with Crippen molar-refractivity contribution < 1.29 is 13.2 Å². The number of hydrogen-bond donors (Lipinski definition) is 3. The summed E-state index contributed by atoms with van der Waals surface area (Å²) in [6.07, 6.45) is -3.89. The molecule has 0 saturated carbocycles. The molecule has 0 fully saturated rings. The predicted molar refractivity (Wildman–Crippen MR) is 39.7 cm³/mol. The van der Waals surface area contributed by atoms with Crippen LogP contribution in [0, 0.1) is 16.9 Å². The smallest absolute Gasteiger partial charge is 0.353 e. The number of hydrogen-bond acceptors (Lipinski definition) is 2. The van der Waals surface area contributed by atoms with Crippen molar-refractivity contribution in [1.82, 2.24) is 10.6 Å². The van der Waals surface area contributed by atoms with E-state index in [0.29, 0.717) is 0 Å². The number of halogens is 3. The van der Waals surface area contributed by atoms with Gasteiger partial charge < -0.3 is 5.32 Å². The van der Waals surface area contributed by atoms with E-state index in [1.165, 1.54) is 13.1 Å². The Bertz CT molecular complexity index is 217.